The maximum Gasteiger partial charge on any atom is 0.283 e. The molecule has 6 heteroatoms. The third-order valence-corrected chi connectivity index (χ3v) is 5.11. The standard InChI is InChI=1S/C15H17BrClNO3/c16-13-7-6-12(17)9-11(13)10-15(18(20)21)8-4-2-1-3-5-14(15)19/h6-7,9H,1-5,8,10H2. The lowest BCUT2D eigenvalue weighted by Crippen LogP contribution is -2.49. The second-order valence-corrected chi connectivity index (χ2v) is 6.83. The number of hydrogen-bond donors (Lipinski definition) is 0. The summed E-state index contributed by atoms with van der Waals surface area (Å²) in [4.78, 5) is 23.7. The molecule has 21 heavy (non-hydrogen) atoms. The quantitative estimate of drug-likeness (QED) is 0.574. The van der Waals surface area contributed by atoms with Crippen LogP contribution in [0.15, 0.2) is 22.7 Å². The van der Waals surface area contributed by atoms with Crippen LogP contribution in [0.3, 0.4) is 0 Å². The second kappa shape index (κ2) is 6.88. The molecule has 0 saturated heterocycles. The van der Waals surface area contributed by atoms with Crippen molar-refractivity contribution in [3.63, 3.8) is 0 Å². The van der Waals surface area contributed by atoms with Gasteiger partial charge in [-0.15, -0.1) is 0 Å². The van der Waals surface area contributed by atoms with Gasteiger partial charge in [0, 0.05) is 27.3 Å². The fourth-order valence-corrected chi connectivity index (χ4v) is 3.45. The van der Waals surface area contributed by atoms with Gasteiger partial charge in [-0.3, -0.25) is 14.9 Å². The van der Waals surface area contributed by atoms with Gasteiger partial charge < -0.3 is 0 Å². The van der Waals surface area contributed by atoms with E-state index >= 15 is 0 Å². The van der Waals surface area contributed by atoms with Crippen molar-refractivity contribution < 1.29 is 9.72 Å². The van der Waals surface area contributed by atoms with Gasteiger partial charge in [-0.05, 0) is 36.6 Å². The van der Waals surface area contributed by atoms with Crippen molar-refractivity contribution in [1.82, 2.24) is 0 Å². The first-order chi connectivity index (χ1) is 9.95. The Hall–Kier alpha value is -0.940. The van der Waals surface area contributed by atoms with E-state index in [2.05, 4.69) is 15.9 Å². The highest BCUT2D eigenvalue weighted by Crippen LogP contribution is 2.33. The lowest BCUT2D eigenvalue weighted by atomic mass is 9.79. The molecule has 2 rings (SSSR count). The summed E-state index contributed by atoms with van der Waals surface area (Å²) < 4.78 is 0.753. The van der Waals surface area contributed by atoms with Crippen LogP contribution in [0.5, 0.6) is 0 Å². The first kappa shape index (κ1) is 16.4. The molecule has 1 aliphatic rings. The molecule has 1 atom stereocenters. The van der Waals surface area contributed by atoms with Crippen LogP contribution in [0.25, 0.3) is 0 Å². The topological polar surface area (TPSA) is 60.2 Å². The van der Waals surface area contributed by atoms with E-state index in [4.69, 9.17) is 11.6 Å². The Bertz CT molecular complexity index is 564. The average Bonchev–Trinajstić information content (AvgIpc) is 2.42. The molecule has 1 aliphatic carbocycles. The van der Waals surface area contributed by atoms with Gasteiger partial charge in [0.2, 0.25) is 5.78 Å². The highest BCUT2D eigenvalue weighted by atomic mass is 79.9. The number of carbonyl (C=O) groups is 1. The lowest BCUT2D eigenvalue weighted by Gasteiger charge is -2.26. The molecule has 4 nitrogen and oxygen atoms in total. The van der Waals surface area contributed by atoms with Crippen molar-refractivity contribution in [3.8, 4) is 0 Å². The molecule has 0 heterocycles. The molecular weight excluding hydrogens is 358 g/mol. The van der Waals surface area contributed by atoms with Crippen molar-refractivity contribution in [1.29, 1.82) is 0 Å². The summed E-state index contributed by atoms with van der Waals surface area (Å²) in [5.41, 5.74) is -0.790. The SMILES string of the molecule is O=C1CCCCCCC1(Cc1cc(Cl)ccc1Br)[N+](=O)[O-]. The number of nitrogens with zero attached hydrogens (tertiary/aromatic N) is 1. The third kappa shape index (κ3) is 3.64. The Morgan fingerprint density at radius 3 is 2.71 bits per heavy atom. The first-order valence-corrected chi connectivity index (χ1v) is 8.24. The average molecular weight is 375 g/mol. The number of benzene rings is 1. The Kier molecular flexibility index (Phi) is 5.38. The largest absolute Gasteiger partial charge is 0.292 e. The summed E-state index contributed by atoms with van der Waals surface area (Å²) in [6.45, 7) is 0. The van der Waals surface area contributed by atoms with E-state index in [1.807, 2.05) is 0 Å². The fourth-order valence-electron chi connectivity index (χ4n) is 2.87. The van der Waals surface area contributed by atoms with E-state index < -0.39 is 5.54 Å². The van der Waals surface area contributed by atoms with Gasteiger partial charge in [0.25, 0.3) is 5.54 Å². The predicted octanol–water partition coefficient (Wildman–Crippen LogP) is 4.58. The lowest BCUT2D eigenvalue weighted by molar-refractivity contribution is -0.553. The minimum absolute atomic E-state index is 0.0972. The van der Waals surface area contributed by atoms with Gasteiger partial charge in [0.1, 0.15) is 0 Å². The van der Waals surface area contributed by atoms with Crippen LogP contribution < -0.4 is 0 Å². The van der Waals surface area contributed by atoms with E-state index in [-0.39, 0.29) is 17.1 Å². The van der Waals surface area contributed by atoms with Gasteiger partial charge in [-0.1, -0.05) is 40.4 Å². The van der Waals surface area contributed by atoms with E-state index in [0.29, 0.717) is 29.8 Å². The smallest absolute Gasteiger partial charge is 0.283 e. The second-order valence-electron chi connectivity index (χ2n) is 5.54. The Morgan fingerprint density at radius 2 is 2.00 bits per heavy atom. The number of halogens is 2. The molecule has 114 valence electrons. The van der Waals surface area contributed by atoms with Gasteiger partial charge in [-0.2, -0.15) is 0 Å². The van der Waals surface area contributed by atoms with E-state index in [0.717, 1.165) is 23.7 Å². The van der Waals surface area contributed by atoms with Crippen LogP contribution in [0, 0.1) is 10.1 Å². The molecule has 0 bridgehead atoms. The number of hydrogen-bond acceptors (Lipinski definition) is 3. The zero-order valence-electron chi connectivity index (χ0n) is 11.6. The van der Waals surface area contributed by atoms with Gasteiger partial charge in [0.05, 0.1) is 6.42 Å². The van der Waals surface area contributed by atoms with Crippen LogP contribution in [-0.4, -0.2) is 16.2 Å². The summed E-state index contributed by atoms with van der Waals surface area (Å²) in [6.07, 6.45) is 4.06. The first-order valence-electron chi connectivity index (χ1n) is 7.07. The maximum absolute atomic E-state index is 12.4. The minimum atomic E-state index is -1.51. The molecule has 0 aliphatic heterocycles. The third-order valence-electron chi connectivity index (χ3n) is 4.10. The van der Waals surface area contributed by atoms with Crippen molar-refractivity contribution in [2.24, 2.45) is 0 Å². The van der Waals surface area contributed by atoms with E-state index in [1.54, 1.807) is 18.2 Å². The Labute approximate surface area is 137 Å². The summed E-state index contributed by atoms with van der Waals surface area (Å²) in [5.74, 6) is -0.251. The molecule has 1 aromatic rings. The number of rotatable bonds is 3. The van der Waals surface area contributed by atoms with Crippen LogP contribution in [0.2, 0.25) is 5.02 Å². The van der Waals surface area contributed by atoms with Crippen LogP contribution in [-0.2, 0) is 11.2 Å². The Morgan fingerprint density at radius 1 is 1.29 bits per heavy atom. The summed E-state index contributed by atoms with van der Waals surface area (Å²) >= 11 is 9.37. The highest BCUT2D eigenvalue weighted by molar-refractivity contribution is 9.10. The number of Topliss-reactive ketones (excluding diaryl/α,β-unsaturated/α-hetero) is 1. The molecule has 0 radical (unpaired) electrons. The monoisotopic (exact) mass is 373 g/mol. The molecule has 1 fully saturated rings. The minimum Gasteiger partial charge on any atom is -0.292 e. The van der Waals surface area contributed by atoms with Gasteiger partial charge in [-0.25, -0.2) is 0 Å². The molecule has 1 aromatic carbocycles. The van der Waals surface area contributed by atoms with Crippen molar-refractivity contribution in [2.45, 2.75) is 50.5 Å². The fraction of sp³-hybridized carbons (Fsp3) is 0.533. The maximum atomic E-state index is 12.4. The number of nitro groups is 1. The zero-order chi connectivity index (χ0) is 15.5. The van der Waals surface area contributed by atoms with E-state index in [1.165, 1.54) is 0 Å². The molecule has 1 unspecified atom stereocenters. The van der Waals surface area contributed by atoms with Crippen molar-refractivity contribution in [3.05, 3.63) is 43.4 Å². The van der Waals surface area contributed by atoms with Gasteiger partial charge >= 0.3 is 0 Å². The summed E-state index contributed by atoms with van der Waals surface area (Å²) in [5, 5.41) is 12.2. The zero-order valence-corrected chi connectivity index (χ0v) is 14.0. The van der Waals surface area contributed by atoms with Crippen molar-refractivity contribution >= 4 is 33.3 Å². The van der Waals surface area contributed by atoms with Crippen LogP contribution in [0.4, 0.5) is 0 Å². The summed E-state index contributed by atoms with van der Waals surface area (Å²) in [6, 6.07) is 5.18. The number of carbonyl (C=O) groups excluding carboxylic acids is 1. The number of ketones is 1. The molecule has 0 N–H and O–H groups in total. The van der Waals surface area contributed by atoms with Crippen LogP contribution in [0.1, 0.15) is 44.1 Å². The predicted molar refractivity (Wildman–Crippen MR) is 85.3 cm³/mol. The summed E-state index contributed by atoms with van der Waals surface area (Å²) in [7, 11) is 0. The normalized spacial score (nSPS) is 23.4. The molecule has 0 spiro atoms. The molecular formula is C15H17BrClNO3. The van der Waals surface area contributed by atoms with Gasteiger partial charge in [0.15, 0.2) is 0 Å². The van der Waals surface area contributed by atoms with E-state index in [9.17, 15) is 14.9 Å². The highest BCUT2D eigenvalue weighted by Gasteiger charge is 2.49. The van der Waals surface area contributed by atoms with Crippen LogP contribution >= 0.6 is 27.5 Å². The molecule has 0 aromatic heterocycles. The van der Waals surface area contributed by atoms with Crippen molar-refractivity contribution in [2.75, 3.05) is 0 Å². The molecule has 1 saturated carbocycles. The molecule has 0 amide bonds. The Balaban J connectivity index is 2.38.